The van der Waals surface area contributed by atoms with Gasteiger partial charge in [-0.05, 0) is 84.9 Å². The van der Waals surface area contributed by atoms with E-state index in [0.717, 1.165) is 67.1 Å². The lowest BCUT2D eigenvalue weighted by molar-refractivity contribution is 0.631. The molecule has 0 atom stereocenters. The van der Waals surface area contributed by atoms with Crippen LogP contribution >= 0.6 is 0 Å². The van der Waals surface area contributed by atoms with Crippen molar-refractivity contribution in [2.75, 3.05) is 0 Å². The van der Waals surface area contributed by atoms with Crippen molar-refractivity contribution in [1.82, 2.24) is 9.97 Å². The second-order valence-electron chi connectivity index (χ2n) is 14.5. The molecule has 11 rings (SSSR count). The maximum atomic E-state index is 6.29. The van der Waals surface area contributed by atoms with E-state index in [2.05, 4.69) is 188 Å². The van der Waals surface area contributed by atoms with Gasteiger partial charge in [-0.3, -0.25) is 0 Å². The Balaban J connectivity index is 1.07. The Morgan fingerprint density at radius 1 is 0.316 bits per heavy atom. The molecule has 0 aliphatic rings. The summed E-state index contributed by atoms with van der Waals surface area (Å²) >= 11 is 0. The molecule has 0 radical (unpaired) electrons. The average Bonchev–Trinajstić information content (AvgIpc) is 3.73. The largest absolute Gasteiger partial charge is 0.456 e. The van der Waals surface area contributed by atoms with Crippen molar-refractivity contribution < 1.29 is 4.42 Å². The first-order valence-electron chi connectivity index (χ1n) is 19.3. The van der Waals surface area contributed by atoms with Crippen LogP contribution in [-0.4, -0.2) is 9.97 Å². The van der Waals surface area contributed by atoms with Crippen LogP contribution in [0.4, 0.5) is 0 Å². The molecular formula is C54H34N2O. The normalized spacial score (nSPS) is 11.5. The smallest absolute Gasteiger partial charge is 0.160 e. The molecule has 0 saturated carbocycles. The van der Waals surface area contributed by atoms with E-state index in [1.54, 1.807) is 0 Å². The number of fused-ring (bicyclic) bond motifs is 5. The van der Waals surface area contributed by atoms with Gasteiger partial charge in [0, 0.05) is 27.6 Å². The number of nitrogens with zero attached hydrogens (tertiary/aromatic N) is 2. The second-order valence-corrected chi connectivity index (χ2v) is 14.5. The summed E-state index contributed by atoms with van der Waals surface area (Å²) in [4.78, 5) is 10.6. The first-order valence-corrected chi connectivity index (χ1v) is 19.3. The molecule has 0 fully saturated rings. The minimum absolute atomic E-state index is 0.667. The fraction of sp³-hybridized carbons (Fsp3) is 0. The van der Waals surface area contributed by atoms with Crippen LogP contribution in [0.25, 0.3) is 111 Å². The molecule has 0 unspecified atom stereocenters. The molecular weight excluding hydrogens is 693 g/mol. The Bertz CT molecular complexity index is 3260. The van der Waals surface area contributed by atoms with Crippen molar-refractivity contribution in [2.45, 2.75) is 0 Å². The zero-order valence-electron chi connectivity index (χ0n) is 30.9. The van der Waals surface area contributed by atoms with Crippen LogP contribution in [-0.2, 0) is 0 Å². The predicted octanol–water partition coefficient (Wildman–Crippen LogP) is 14.7. The maximum absolute atomic E-state index is 6.29. The third kappa shape index (κ3) is 5.85. The average molecular weight is 727 g/mol. The highest BCUT2D eigenvalue weighted by molar-refractivity contribution is 6.20. The van der Waals surface area contributed by atoms with Crippen molar-refractivity contribution in [3.05, 3.63) is 206 Å². The first-order chi connectivity index (χ1) is 28.2. The van der Waals surface area contributed by atoms with E-state index in [4.69, 9.17) is 14.4 Å². The van der Waals surface area contributed by atoms with Gasteiger partial charge in [-0.15, -0.1) is 0 Å². The predicted molar refractivity (Wildman–Crippen MR) is 237 cm³/mol. The van der Waals surface area contributed by atoms with Crippen LogP contribution in [0.5, 0.6) is 0 Å². The van der Waals surface area contributed by atoms with Crippen LogP contribution in [0.3, 0.4) is 0 Å². The molecule has 2 heterocycles. The van der Waals surface area contributed by atoms with Gasteiger partial charge < -0.3 is 4.42 Å². The van der Waals surface area contributed by atoms with Crippen LogP contribution in [0.1, 0.15) is 0 Å². The Morgan fingerprint density at radius 3 is 1.81 bits per heavy atom. The van der Waals surface area contributed by atoms with Gasteiger partial charge in [-0.1, -0.05) is 176 Å². The van der Waals surface area contributed by atoms with E-state index in [0.29, 0.717) is 5.82 Å². The molecule has 2 aromatic heterocycles. The molecule has 0 bridgehead atoms. The van der Waals surface area contributed by atoms with E-state index in [1.807, 2.05) is 18.2 Å². The van der Waals surface area contributed by atoms with Gasteiger partial charge in [0.05, 0.1) is 11.4 Å². The molecule has 9 aromatic carbocycles. The van der Waals surface area contributed by atoms with E-state index < -0.39 is 0 Å². The zero-order chi connectivity index (χ0) is 37.7. The Morgan fingerprint density at radius 2 is 0.965 bits per heavy atom. The summed E-state index contributed by atoms with van der Waals surface area (Å²) in [5.41, 5.74) is 11.2. The SMILES string of the molecule is c1ccc(-c2ccccc2-c2cc(-c3cccc(-c4cc5ccccc5o4)c3)nc(-c3ccc(-c4c5ccccc5cc5c4ccc4ccccc45)cc3)n2)cc1. The summed E-state index contributed by atoms with van der Waals surface area (Å²) in [6.45, 7) is 0. The molecule has 0 aliphatic heterocycles. The third-order valence-corrected chi connectivity index (χ3v) is 11.1. The number of hydrogen-bond donors (Lipinski definition) is 0. The molecule has 3 heteroatoms. The zero-order valence-corrected chi connectivity index (χ0v) is 30.9. The molecule has 57 heavy (non-hydrogen) atoms. The summed E-state index contributed by atoms with van der Waals surface area (Å²) in [6, 6.07) is 72.8. The minimum Gasteiger partial charge on any atom is -0.456 e. The molecule has 0 spiro atoms. The van der Waals surface area contributed by atoms with Crippen LogP contribution in [0, 0.1) is 0 Å². The fourth-order valence-electron chi connectivity index (χ4n) is 8.31. The standard InChI is InChI=1S/C54H34N2O/c1-2-13-35(14-3-1)43-20-9-10-23-46(43)50-34-49(40-18-12-19-41(31-40)52-33-42-17-6-11-24-51(42)57-52)55-54(56-50)38-27-25-37(26-28-38)53-45-22-8-5-16-39(45)32-48-44-21-7-4-15-36(44)29-30-47(48)53/h1-34H. The molecule has 0 saturated heterocycles. The molecule has 0 amide bonds. The van der Waals surface area contributed by atoms with Crippen molar-refractivity contribution in [2.24, 2.45) is 0 Å². The van der Waals surface area contributed by atoms with Crippen molar-refractivity contribution in [3.63, 3.8) is 0 Å². The van der Waals surface area contributed by atoms with E-state index >= 15 is 0 Å². The van der Waals surface area contributed by atoms with Crippen LogP contribution in [0.15, 0.2) is 211 Å². The van der Waals surface area contributed by atoms with Gasteiger partial charge in [-0.2, -0.15) is 0 Å². The van der Waals surface area contributed by atoms with E-state index in [-0.39, 0.29) is 0 Å². The Hall–Kier alpha value is -7.62. The van der Waals surface area contributed by atoms with Gasteiger partial charge in [0.2, 0.25) is 0 Å². The van der Waals surface area contributed by atoms with Gasteiger partial charge in [-0.25, -0.2) is 9.97 Å². The Kier molecular flexibility index (Phi) is 7.82. The number of hydrogen-bond acceptors (Lipinski definition) is 3. The van der Waals surface area contributed by atoms with E-state index in [9.17, 15) is 0 Å². The molecule has 11 aromatic rings. The van der Waals surface area contributed by atoms with Crippen molar-refractivity contribution >= 4 is 43.3 Å². The number of benzene rings is 9. The highest BCUT2D eigenvalue weighted by atomic mass is 16.3. The topological polar surface area (TPSA) is 38.9 Å². The lowest BCUT2D eigenvalue weighted by Gasteiger charge is -2.15. The number of aromatic nitrogens is 2. The summed E-state index contributed by atoms with van der Waals surface area (Å²) in [5, 5.41) is 8.53. The van der Waals surface area contributed by atoms with Crippen molar-refractivity contribution in [3.8, 4) is 67.5 Å². The monoisotopic (exact) mass is 726 g/mol. The Labute approximate surface area is 330 Å². The third-order valence-electron chi connectivity index (χ3n) is 11.1. The summed E-state index contributed by atoms with van der Waals surface area (Å²) in [5.74, 6) is 1.49. The molecule has 266 valence electrons. The molecule has 0 N–H and O–H groups in total. The van der Waals surface area contributed by atoms with Gasteiger partial charge >= 0.3 is 0 Å². The second kappa shape index (κ2) is 13.6. The fourth-order valence-corrected chi connectivity index (χ4v) is 8.31. The highest BCUT2D eigenvalue weighted by Crippen LogP contribution is 2.41. The van der Waals surface area contributed by atoms with Gasteiger partial charge in [0.1, 0.15) is 11.3 Å². The highest BCUT2D eigenvalue weighted by Gasteiger charge is 2.17. The lowest BCUT2D eigenvalue weighted by Crippen LogP contribution is -1.97. The van der Waals surface area contributed by atoms with Crippen molar-refractivity contribution in [1.29, 1.82) is 0 Å². The summed E-state index contributed by atoms with van der Waals surface area (Å²) in [7, 11) is 0. The van der Waals surface area contributed by atoms with Crippen LogP contribution < -0.4 is 0 Å². The summed E-state index contributed by atoms with van der Waals surface area (Å²) < 4.78 is 6.29. The number of para-hydroxylation sites is 1. The minimum atomic E-state index is 0.667. The van der Waals surface area contributed by atoms with E-state index in [1.165, 1.54) is 37.9 Å². The first kappa shape index (κ1) is 32.8. The quantitative estimate of drug-likeness (QED) is 0.126. The van der Waals surface area contributed by atoms with Gasteiger partial charge in [0.25, 0.3) is 0 Å². The number of furan rings is 1. The molecule has 0 aliphatic carbocycles. The molecule has 3 nitrogen and oxygen atoms in total. The number of rotatable bonds is 6. The van der Waals surface area contributed by atoms with Crippen LogP contribution in [0.2, 0.25) is 0 Å². The van der Waals surface area contributed by atoms with Gasteiger partial charge in [0.15, 0.2) is 5.82 Å². The lowest BCUT2D eigenvalue weighted by atomic mass is 9.89. The summed E-state index contributed by atoms with van der Waals surface area (Å²) in [6.07, 6.45) is 0. The maximum Gasteiger partial charge on any atom is 0.160 e.